The van der Waals surface area contributed by atoms with E-state index in [-0.39, 0.29) is 16.5 Å². The van der Waals surface area contributed by atoms with Gasteiger partial charge in [0.15, 0.2) is 0 Å². The Morgan fingerprint density at radius 1 is 1.43 bits per heavy atom. The van der Waals surface area contributed by atoms with Crippen LogP contribution in [0.25, 0.3) is 0 Å². The van der Waals surface area contributed by atoms with Crippen LogP contribution in [0.5, 0.6) is 0 Å². The second-order valence-corrected chi connectivity index (χ2v) is 5.58. The van der Waals surface area contributed by atoms with Crippen LogP contribution >= 0.6 is 11.8 Å². The number of nitrogens with two attached hydrogens (primary N) is 1. The first-order chi connectivity index (χ1) is 10.0. The Morgan fingerprint density at radius 2 is 2.19 bits per heavy atom. The van der Waals surface area contributed by atoms with Crippen LogP contribution in [0.1, 0.15) is 35.0 Å². The number of hydrogen-bond donors (Lipinski definition) is 1. The van der Waals surface area contributed by atoms with Gasteiger partial charge >= 0.3 is 0 Å². The lowest BCUT2D eigenvalue weighted by Gasteiger charge is -2.01. The van der Waals surface area contributed by atoms with E-state index in [9.17, 15) is 14.9 Å². The van der Waals surface area contributed by atoms with Gasteiger partial charge in [-0.15, -0.1) is 10.2 Å². The number of carbonyl (C=O) groups excluding carboxylic acids is 1. The van der Waals surface area contributed by atoms with E-state index in [4.69, 9.17) is 10.2 Å². The molecule has 0 unspecified atom stereocenters. The molecule has 1 heterocycles. The molecule has 0 aliphatic heterocycles. The second-order valence-electron chi connectivity index (χ2n) is 4.59. The smallest absolute Gasteiger partial charge is 0.284 e. The van der Waals surface area contributed by atoms with E-state index in [0.717, 1.165) is 30.7 Å². The molecule has 3 rings (SSSR count). The molecule has 1 aromatic heterocycles. The minimum atomic E-state index is -0.719. The molecule has 0 spiro atoms. The number of rotatable bonds is 5. The van der Waals surface area contributed by atoms with Crippen LogP contribution in [0.2, 0.25) is 0 Å². The number of benzene rings is 1. The normalized spacial score (nSPS) is 14.1. The number of nitrogens with zero attached hydrogens (tertiary/aromatic N) is 3. The lowest BCUT2D eigenvalue weighted by atomic mass is 10.2. The summed E-state index contributed by atoms with van der Waals surface area (Å²) >= 11 is 0.995. The lowest BCUT2D eigenvalue weighted by molar-refractivity contribution is -0.387. The average Bonchev–Trinajstić information content (AvgIpc) is 3.19. The van der Waals surface area contributed by atoms with Crippen LogP contribution in [-0.2, 0) is 0 Å². The van der Waals surface area contributed by atoms with Gasteiger partial charge in [-0.2, -0.15) is 0 Å². The Kier molecular flexibility index (Phi) is 3.34. The van der Waals surface area contributed by atoms with E-state index in [0.29, 0.717) is 16.7 Å². The van der Waals surface area contributed by atoms with Crippen molar-refractivity contribution in [3.63, 3.8) is 0 Å². The summed E-state index contributed by atoms with van der Waals surface area (Å²) in [6.07, 6.45) is 2.06. The molecule has 0 radical (unpaired) electrons. The number of nitro benzene ring substituents is 1. The van der Waals surface area contributed by atoms with E-state index < -0.39 is 10.8 Å². The Balaban J connectivity index is 1.89. The molecule has 8 nitrogen and oxygen atoms in total. The van der Waals surface area contributed by atoms with Gasteiger partial charge in [0.2, 0.25) is 11.8 Å². The van der Waals surface area contributed by atoms with Crippen molar-refractivity contribution < 1.29 is 14.1 Å². The maximum Gasteiger partial charge on any atom is 0.284 e. The maximum absolute atomic E-state index is 11.1. The highest BCUT2D eigenvalue weighted by Gasteiger charge is 2.30. The van der Waals surface area contributed by atoms with Gasteiger partial charge < -0.3 is 10.2 Å². The Morgan fingerprint density at radius 3 is 2.81 bits per heavy atom. The fourth-order valence-corrected chi connectivity index (χ4v) is 2.52. The zero-order valence-electron chi connectivity index (χ0n) is 10.7. The molecule has 0 atom stereocenters. The summed E-state index contributed by atoms with van der Waals surface area (Å²) in [5.41, 5.74) is 4.98. The number of carbonyl (C=O) groups is 1. The molecule has 0 saturated heterocycles. The van der Waals surface area contributed by atoms with Crippen molar-refractivity contribution in [2.75, 3.05) is 0 Å². The van der Waals surface area contributed by atoms with Crippen LogP contribution in [0.3, 0.4) is 0 Å². The minimum absolute atomic E-state index is 0.0789. The Hall–Kier alpha value is -2.42. The summed E-state index contributed by atoms with van der Waals surface area (Å²) in [5, 5.41) is 19.1. The minimum Gasteiger partial charge on any atom is -0.415 e. The third kappa shape index (κ3) is 2.87. The average molecular weight is 306 g/mol. The van der Waals surface area contributed by atoms with Crippen LogP contribution in [0.4, 0.5) is 5.69 Å². The fraction of sp³-hybridized carbons (Fsp3) is 0.250. The largest absolute Gasteiger partial charge is 0.415 e. The van der Waals surface area contributed by atoms with Crippen molar-refractivity contribution in [3.05, 3.63) is 39.8 Å². The van der Waals surface area contributed by atoms with Crippen LogP contribution in [-0.4, -0.2) is 21.0 Å². The standard InChI is InChI=1S/C12H10N4O4S/c13-10(17)7-3-4-9(8(5-7)16(18)19)21-12-15-14-11(20-12)6-1-2-6/h3-6H,1-2H2,(H2,13,17). The van der Waals surface area contributed by atoms with Gasteiger partial charge in [0, 0.05) is 17.5 Å². The van der Waals surface area contributed by atoms with E-state index in [1.807, 2.05) is 0 Å². The fourth-order valence-electron chi connectivity index (χ4n) is 1.75. The second kappa shape index (κ2) is 5.17. The lowest BCUT2D eigenvalue weighted by Crippen LogP contribution is -2.11. The molecule has 1 aliphatic carbocycles. The Bertz CT molecular complexity index is 726. The zero-order valence-corrected chi connectivity index (χ0v) is 11.5. The van der Waals surface area contributed by atoms with E-state index in [1.54, 1.807) is 0 Å². The van der Waals surface area contributed by atoms with Gasteiger partial charge in [-0.05, 0) is 36.7 Å². The molecule has 1 saturated carbocycles. The van der Waals surface area contributed by atoms with Gasteiger partial charge in [-0.3, -0.25) is 14.9 Å². The van der Waals surface area contributed by atoms with Crippen LogP contribution < -0.4 is 5.73 Å². The van der Waals surface area contributed by atoms with Crippen molar-refractivity contribution in [2.24, 2.45) is 5.73 Å². The van der Waals surface area contributed by atoms with Crippen molar-refractivity contribution >= 4 is 23.4 Å². The van der Waals surface area contributed by atoms with Crippen molar-refractivity contribution in [1.82, 2.24) is 10.2 Å². The van der Waals surface area contributed by atoms with E-state index >= 15 is 0 Å². The highest BCUT2D eigenvalue weighted by molar-refractivity contribution is 7.99. The predicted octanol–water partition coefficient (Wildman–Crippen LogP) is 2.11. The molecule has 1 aliphatic rings. The molecule has 2 aromatic rings. The van der Waals surface area contributed by atoms with Crippen LogP contribution in [0, 0.1) is 10.1 Å². The predicted molar refractivity (Wildman–Crippen MR) is 72.0 cm³/mol. The molecular weight excluding hydrogens is 296 g/mol. The molecule has 108 valence electrons. The highest BCUT2D eigenvalue weighted by atomic mass is 32.2. The van der Waals surface area contributed by atoms with Gasteiger partial charge in [-0.1, -0.05) is 0 Å². The molecule has 1 fully saturated rings. The summed E-state index contributed by atoms with van der Waals surface area (Å²) in [6.45, 7) is 0. The summed E-state index contributed by atoms with van der Waals surface area (Å²) in [5.74, 6) is 0.163. The summed E-state index contributed by atoms with van der Waals surface area (Å²) in [7, 11) is 0. The molecule has 9 heteroatoms. The molecule has 1 amide bonds. The third-order valence-electron chi connectivity index (χ3n) is 2.99. The highest BCUT2D eigenvalue weighted by Crippen LogP contribution is 2.41. The summed E-state index contributed by atoms with van der Waals surface area (Å²) in [4.78, 5) is 21.9. The number of amides is 1. The molecule has 2 N–H and O–H groups in total. The van der Waals surface area contributed by atoms with Gasteiger partial charge in [0.1, 0.15) is 0 Å². The molecule has 1 aromatic carbocycles. The van der Waals surface area contributed by atoms with Crippen molar-refractivity contribution in [3.8, 4) is 0 Å². The third-order valence-corrected chi connectivity index (χ3v) is 3.89. The van der Waals surface area contributed by atoms with Gasteiger partial charge in [-0.25, -0.2) is 0 Å². The first-order valence-electron chi connectivity index (χ1n) is 6.14. The summed E-state index contributed by atoms with van der Waals surface area (Å²) in [6, 6.07) is 4.02. The van der Waals surface area contributed by atoms with E-state index in [1.165, 1.54) is 12.1 Å². The van der Waals surface area contributed by atoms with Gasteiger partial charge in [0.25, 0.3) is 10.9 Å². The van der Waals surface area contributed by atoms with Crippen LogP contribution in [0.15, 0.2) is 32.7 Å². The Labute approximate surface area is 122 Å². The number of nitro groups is 1. The number of primary amides is 1. The van der Waals surface area contributed by atoms with Crippen molar-refractivity contribution in [2.45, 2.75) is 28.9 Å². The molecular formula is C12H10N4O4S. The monoisotopic (exact) mass is 306 g/mol. The summed E-state index contributed by atoms with van der Waals surface area (Å²) < 4.78 is 5.45. The molecule has 0 bridgehead atoms. The van der Waals surface area contributed by atoms with Crippen molar-refractivity contribution in [1.29, 1.82) is 0 Å². The maximum atomic E-state index is 11.1. The topological polar surface area (TPSA) is 125 Å². The number of aromatic nitrogens is 2. The molecule has 21 heavy (non-hydrogen) atoms. The quantitative estimate of drug-likeness (QED) is 0.662. The first-order valence-corrected chi connectivity index (χ1v) is 6.95. The number of hydrogen-bond acceptors (Lipinski definition) is 7. The SMILES string of the molecule is NC(=O)c1ccc(Sc2nnc(C3CC3)o2)c([N+](=O)[O-])c1. The zero-order chi connectivity index (χ0) is 15.0. The first kappa shape index (κ1) is 13.6. The van der Waals surface area contributed by atoms with Gasteiger partial charge in [0.05, 0.1) is 9.82 Å². The van der Waals surface area contributed by atoms with E-state index in [2.05, 4.69) is 10.2 Å².